The van der Waals surface area contributed by atoms with Crippen molar-refractivity contribution in [2.45, 2.75) is 25.1 Å². The average molecular weight is 348 g/mol. The van der Waals surface area contributed by atoms with Crippen molar-refractivity contribution in [3.05, 3.63) is 41.6 Å². The Morgan fingerprint density at radius 3 is 2.96 bits per heavy atom. The van der Waals surface area contributed by atoms with Crippen LogP contribution >= 0.6 is 11.6 Å². The van der Waals surface area contributed by atoms with E-state index in [1.54, 1.807) is 25.7 Å². The van der Waals surface area contributed by atoms with E-state index in [1.807, 2.05) is 22.2 Å². The normalized spacial score (nSPS) is 21.8. The van der Waals surface area contributed by atoms with Crippen molar-refractivity contribution in [2.24, 2.45) is 7.05 Å². The van der Waals surface area contributed by atoms with E-state index in [1.165, 1.54) is 0 Å². The highest BCUT2D eigenvalue weighted by atomic mass is 35.5. The van der Waals surface area contributed by atoms with Gasteiger partial charge >= 0.3 is 0 Å². The number of halogens is 1. The molecular formula is C15H18ClN7O. The third-order valence-electron chi connectivity index (χ3n) is 4.61. The van der Waals surface area contributed by atoms with Gasteiger partial charge in [-0.25, -0.2) is 4.98 Å². The van der Waals surface area contributed by atoms with Crippen molar-refractivity contribution in [1.82, 2.24) is 34.0 Å². The lowest BCUT2D eigenvalue weighted by Gasteiger charge is -2.22. The number of ether oxygens (including phenoxy) is 1. The second-order valence-electron chi connectivity index (χ2n) is 5.96. The van der Waals surface area contributed by atoms with Crippen LogP contribution in [0.4, 0.5) is 0 Å². The zero-order valence-corrected chi connectivity index (χ0v) is 14.3. The van der Waals surface area contributed by atoms with Crippen LogP contribution in [-0.2, 0) is 18.3 Å². The van der Waals surface area contributed by atoms with Crippen molar-refractivity contribution in [3.63, 3.8) is 0 Å². The molecule has 0 saturated carbocycles. The van der Waals surface area contributed by atoms with Gasteiger partial charge in [0.2, 0.25) is 0 Å². The summed E-state index contributed by atoms with van der Waals surface area (Å²) in [5.41, 5.74) is 0.744. The Morgan fingerprint density at radius 2 is 2.21 bits per heavy atom. The second kappa shape index (κ2) is 6.12. The highest BCUT2D eigenvalue weighted by molar-refractivity contribution is 6.29. The minimum atomic E-state index is 0.0998. The fourth-order valence-corrected chi connectivity index (χ4v) is 3.37. The monoisotopic (exact) mass is 347 g/mol. The van der Waals surface area contributed by atoms with E-state index in [4.69, 9.17) is 16.3 Å². The molecule has 0 aromatic carbocycles. The predicted molar refractivity (Wildman–Crippen MR) is 87.6 cm³/mol. The number of methoxy groups -OCH3 is 1. The maximum atomic E-state index is 6.11. The van der Waals surface area contributed by atoms with E-state index in [2.05, 4.69) is 25.1 Å². The number of likely N-dealkylation sites (tertiary alicyclic amines) is 1. The molecule has 1 fully saturated rings. The Labute approximate surface area is 144 Å². The minimum Gasteiger partial charge on any atom is -0.380 e. The molecule has 4 rings (SSSR count). The second-order valence-corrected chi connectivity index (χ2v) is 6.34. The summed E-state index contributed by atoms with van der Waals surface area (Å²) in [6, 6.07) is 0.0998. The molecule has 1 saturated heterocycles. The van der Waals surface area contributed by atoms with Crippen LogP contribution in [-0.4, -0.2) is 53.8 Å². The highest BCUT2D eigenvalue weighted by Gasteiger charge is 2.36. The summed E-state index contributed by atoms with van der Waals surface area (Å²) in [6.45, 7) is 1.49. The van der Waals surface area contributed by atoms with Crippen molar-refractivity contribution in [2.75, 3.05) is 13.7 Å². The maximum Gasteiger partial charge on any atom is 0.179 e. The molecule has 4 heterocycles. The maximum absolute atomic E-state index is 6.11. The quantitative estimate of drug-likeness (QED) is 0.711. The molecule has 3 aromatic rings. The molecule has 0 radical (unpaired) electrons. The molecule has 9 heteroatoms. The lowest BCUT2D eigenvalue weighted by Crippen LogP contribution is -2.27. The first-order chi connectivity index (χ1) is 11.7. The van der Waals surface area contributed by atoms with E-state index in [9.17, 15) is 0 Å². The van der Waals surface area contributed by atoms with Crippen LogP contribution in [0.25, 0.3) is 5.65 Å². The topological polar surface area (TPSA) is 73.4 Å². The van der Waals surface area contributed by atoms with Crippen LogP contribution in [0.3, 0.4) is 0 Å². The van der Waals surface area contributed by atoms with Gasteiger partial charge in [0.15, 0.2) is 11.5 Å². The molecule has 0 bridgehead atoms. The van der Waals surface area contributed by atoms with Gasteiger partial charge in [0.25, 0.3) is 0 Å². The smallest absolute Gasteiger partial charge is 0.179 e. The highest BCUT2D eigenvalue weighted by Crippen LogP contribution is 2.33. The van der Waals surface area contributed by atoms with Crippen molar-refractivity contribution in [3.8, 4) is 0 Å². The summed E-state index contributed by atoms with van der Waals surface area (Å²) in [5.74, 6) is 1.81. The van der Waals surface area contributed by atoms with Gasteiger partial charge in [-0.3, -0.25) is 14.3 Å². The molecule has 3 aromatic heterocycles. The fourth-order valence-electron chi connectivity index (χ4n) is 3.23. The standard InChI is InChI=1S/C15H18ClN7O/c1-21-12(16)6-18-14(21)9-22-8-10(24-2)5-11(22)15-20-19-13-7-17-3-4-23(13)15/h3-4,6-7,10-11H,5,8-9H2,1-2H3/t10-,11+/m1/s1. The largest absolute Gasteiger partial charge is 0.380 e. The van der Waals surface area contributed by atoms with Crippen LogP contribution < -0.4 is 0 Å². The van der Waals surface area contributed by atoms with Gasteiger partial charge in [0.1, 0.15) is 11.0 Å². The SMILES string of the molecule is CO[C@@H]1C[C@@H](c2nnc3cnccn23)N(Cc2ncc(Cl)n2C)C1. The van der Waals surface area contributed by atoms with E-state index in [0.29, 0.717) is 11.7 Å². The molecule has 0 unspecified atom stereocenters. The first-order valence-electron chi connectivity index (χ1n) is 7.75. The third kappa shape index (κ3) is 2.56. The number of rotatable bonds is 4. The van der Waals surface area contributed by atoms with Gasteiger partial charge in [-0.05, 0) is 6.42 Å². The number of hydrogen-bond acceptors (Lipinski definition) is 6. The molecule has 0 aliphatic carbocycles. The molecule has 0 spiro atoms. The number of aromatic nitrogens is 6. The summed E-state index contributed by atoms with van der Waals surface area (Å²) in [5, 5.41) is 9.23. The Kier molecular flexibility index (Phi) is 3.95. The van der Waals surface area contributed by atoms with Crippen LogP contribution in [0, 0.1) is 0 Å². The number of nitrogens with zero attached hydrogens (tertiary/aromatic N) is 7. The molecule has 2 atom stereocenters. The summed E-state index contributed by atoms with van der Waals surface area (Å²) in [7, 11) is 3.66. The zero-order valence-electron chi connectivity index (χ0n) is 13.5. The minimum absolute atomic E-state index is 0.0998. The van der Waals surface area contributed by atoms with Gasteiger partial charge in [-0.1, -0.05) is 11.6 Å². The summed E-state index contributed by atoms with van der Waals surface area (Å²) < 4.78 is 9.46. The lowest BCUT2D eigenvalue weighted by molar-refractivity contribution is 0.106. The van der Waals surface area contributed by atoms with Crippen molar-refractivity contribution < 1.29 is 4.74 Å². The predicted octanol–water partition coefficient (Wildman–Crippen LogP) is 1.47. The summed E-state index contributed by atoms with van der Waals surface area (Å²) >= 11 is 6.11. The average Bonchev–Trinajstić information content (AvgIpc) is 3.28. The lowest BCUT2D eigenvalue weighted by atomic mass is 10.2. The van der Waals surface area contributed by atoms with Crippen molar-refractivity contribution in [1.29, 1.82) is 0 Å². The van der Waals surface area contributed by atoms with E-state index in [0.717, 1.165) is 30.3 Å². The molecule has 0 N–H and O–H groups in total. The third-order valence-corrected chi connectivity index (χ3v) is 4.96. The molecule has 1 aliphatic rings. The number of imidazole rings is 1. The van der Waals surface area contributed by atoms with E-state index in [-0.39, 0.29) is 12.1 Å². The van der Waals surface area contributed by atoms with Gasteiger partial charge in [-0.15, -0.1) is 10.2 Å². The Morgan fingerprint density at radius 1 is 1.33 bits per heavy atom. The number of hydrogen-bond donors (Lipinski definition) is 0. The molecule has 126 valence electrons. The Hall–Kier alpha value is -2.03. The van der Waals surface area contributed by atoms with Crippen LogP contribution in [0.1, 0.15) is 24.1 Å². The number of fused-ring (bicyclic) bond motifs is 1. The Bertz CT molecular complexity index is 861. The molecule has 0 amide bonds. The van der Waals surface area contributed by atoms with Gasteiger partial charge in [0.05, 0.1) is 31.1 Å². The van der Waals surface area contributed by atoms with Gasteiger partial charge in [0, 0.05) is 33.1 Å². The molecular weight excluding hydrogens is 330 g/mol. The summed E-state index contributed by atoms with van der Waals surface area (Å²) in [4.78, 5) is 10.8. The first-order valence-corrected chi connectivity index (χ1v) is 8.12. The van der Waals surface area contributed by atoms with Crippen LogP contribution in [0.15, 0.2) is 24.8 Å². The molecule has 8 nitrogen and oxygen atoms in total. The van der Waals surface area contributed by atoms with Crippen LogP contribution in [0.2, 0.25) is 5.15 Å². The van der Waals surface area contributed by atoms with Gasteiger partial charge < -0.3 is 9.30 Å². The van der Waals surface area contributed by atoms with Crippen LogP contribution in [0.5, 0.6) is 0 Å². The van der Waals surface area contributed by atoms with Gasteiger partial charge in [-0.2, -0.15) is 0 Å². The fraction of sp³-hybridized carbons (Fsp3) is 0.467. The first kappa shape index (κ1) is 15.5. The Balaban J connectivity index is 1.67. The molecule has 24 heavy (non-hydrogen) atoms. The van der Waals surface area contributed by atoms with Crippen molar-refractivity contribution >= 4 is 17.2 Å². The van der Waals surface area contributed by atoms with E-state index >= 15 is 0 Å². The summed E-state index contributed by atoms with van der Waals surface area (Å²) in [6.07, 6.45) is 8.03. The molecule has 1 aliphatic heterocycles. The van der Waals surface area contributed by atoms with E-state index < -0.39 is 0 Å². The zero-order chi connectivity index (χ0) is 16.7.